The average molecular weight is 451 g/mol. The third-order valence-electron chi connectivity index (χ3n) is 4.82. The van der Waals surface area contributed by atoms with Crippen molar-refractivity contribution in [3.8, 4) is 0 Å². The van der Waals surface area contributed by atoms with E-state index in [1.165, 1.54) is 23.6 Å². The second-order valence-corrected chi connectivity index (χ2v) is 8.52. The number of aromatic nitrogens is 5. The minimum atomic E-state index is -0.546. The summed E-state index contributed by atoms with van der Waals surface area (Å²) in [6, 6.07) is 6.57. The molecule has 0 saturated heterocycles. The Balaban J connectivity index is 1.42. The van der Waals surface area contributed by atoms with Crippen molar-refractivity contribution in [1.82, 2.24) is 24.1 Å². The van der Waals surface area contributed by atoms with Gasteiger partial charge < -0.3 is 9.13 Å². The maximum Gasteiger partial charge on any atom is 0.274 e. The SMILES string of the molecule is CC(C)c1nc(/C=C/c2csc(NC(=O)c3cccn3Cc3ccnc(F)c3)n2)cn1C. The second kappa shape index (κ2) is 9.27. The lowest BCUT2D eigenvalue weighted by Crippen LogP contribution is -2.17. The third kappa shape index (κ3) is 5.00. The highest BCUT2D eigenvalue weighted by Gasteiger charge is 2.13. The van der Waals surface area contributed by atoms with Crippen LogP contribution in [0.25, 0.3) is 12.2 Å². The first-order valence-corrected chi connectivity index (χ1v) is 11.0. The molecule has 1 N–H and O–H groups in total. The van der Waals surface area contributed by atoms with Gasteiger partial charge in [-0.2, -0.15) is 4.39 Å². The van der Waals surface area contributed by atoms with Gasteiger partial charge in [-0.3, -0.25) is 10.1 Å². The van der Waals surface area contributed by atoms with E-state index in [4.69, 9.17) is 0 Å². The fourth-order valence-electron chi connectivity index (χ4n) is 3.37. The number of halogens is 1. The Morgan fingerprint density at radius 1 is 1.25 bits per heavy atom. The van der Waals surface area contributed by atoms with Crippen molar-refractivity contribution in [2.75, 3.05) is 5.32 Å². The molecule has 0 bridgehead atoms. The van der Waals surface area contributed by atoms with Gasteiger partial charge >= 0.3 is 0 Å². The van der Waals surface area contributed by atoms with E-state index in [-0.39, 0.29) is 5.91 Å². The number of aryl methyl sites for hydroxylation is 1. The van der Waals surface area contributed by atoms with Crippen LogP contribution in [0.15, 0.2) is 48.2 Å². The number of rotatable bonds is 7. The van der Waals surface area contributed by atoms with Crippen LogP contribution in [0.4, 0.5) is 9.52 Å². The first-order chi connectivity index (χ1) is 15.4. The van der Waals surface area contributed by atoms with Gasteiger partial charge in [0.2, 0.25) is 5.95 Å². The van der Waals surface area contributed by atoms with E-state index in [0.717, 1.165) is 22.8 Å². The first-order valence-electron chi connectivity index (χ1n) is 10.1. The molecular formula is C23H23FN6OS. The van der Waals surface area contributed by atoms with E-state index in [1.807, 2.05) is 35.3 Å². The molecule has 164 valence electrons. The Morgan fingerprint density at radius 2 is 2.06 bits per heavy atom. The van der Waals surface area contributed by atoms with E-state index in [2.05, 4.69) is 34.1 Å². The topological polar surface area (TPSA) is 77.6 Å². The van der Waals surface area contributed by atoms with Crippen molar-refractivity contribution >= 4 is 34.5 Å². The predicted molar refractivity (Wildman–Crippen MR) is 124 cm³/mol. The molecule has 9 heteroatoms. The quantitative estimate of drug-likeness (QED) is 0.410. The highest BCUT2D eigenvalue weighted by atomic mass is 32.1. The standard InChI is InChI=1S/C23H23FN6OS/c1-15(2)21-26-17(13-29(21)3)6-7-18-14-32-23(27-18)28-22(31)19-5-4-10-30(19)12-16-8-9-25-20(24)11-16/h4-11,13-15H,12H2,1-3H3,(H,27,28,31)/b7-6+. The molecule has 4 heterocycles. The van der Waals surface area contributed by atoms with Crippen molar-refractivity contribution in [3.63, 3.8) is 0 Å². The van der Waals surface area contributed by atoms with Gasteiger partial charge in [0.15, 0.2) is 5.13 Å². The molecule has 4 aromatic heterocycles. The number of hydrogen-bond acceptors (Lipinski definition) is 5. The van der Waals surface area contributed by atoms with Gasteiger partial charge in [0.1, 0.15) is 11.5 Å². The zero-order chi connectivity index (χ0) is 22.7. The summed E-state index contributed by atoms with van der Waals surface area (Å²) in [5, 5.41) is 5.21. The number of nitrogens with zero attached hydrogens (tertiary/aromatic N) is 5. The Morgan fingerprint density at radius 3 is 2.81 bits per heavy atom. The van der Waals surface area contributed by atoms with Crippen LogP contribution in [0.3, 0.4) is 0 Å². The number of amides is 1. The lowest BCUT2D eigenvalue weighted by molar-refractivity contribution is 0.101. The molecule has 0 atom stereocenters. The Hall–Kier alpha value is -3.59. The van der Waals surface area contributed by atoms with E-state index < -0.39 is 5.95 Å². The van der Waals surface area contributed by atoms with Gasteiger partial charge in [0, 0.05) is 43.5 Å². The molecule has 1 amide bonds. The maximum atomic E-state index is 13.4. The number of imidazole rings is 1. The molecule has 0 fully saturated rings. The lowest BCUT2D eigenvalue weighted by atomic mass is 10.2. The predicted octanol–water partition coefficient (Wildman–Crippen LogP) is 4.81. The Kier molecular flexibility index (Phi) is 6.27. The Bertz CT molecular complexity index is 1270. The molecule has 0 aromatic carbocycles. The molecule has 0 aliphatic carbocycles. The molecule has 0 unspecified atom stereocenters. The molecule has 0 radical (unpaired) electrons. The fraction of sp³-hybridized carbons (Fsp3) is 0.217. The normalized spacial score (nSPS) is 11.5. The van der Waals surface area contributed by atoms with Crippen LogP contribution in [-0.2, 0) is 13.6 Å². The summed E-state index contributed by atoms with van der Waals surface area (Å²) < 4.78 is 17.1. The monoisotopic (exact) mass is 450 g/mol. The minimum Gasteiger partial charge on any atom is -0.339 e. The molecule has 7 nitrogen and oxygen atoms in total. The molecule has 0 spiro atoms. The summed E-state index contributed by atoms with van der Waals surface area (Å²) in [6.45, 7) is 4.58. The highest BCUT2D eigenvalue weighted by Crippen LogP contribution is 2.20. The summed E-state index contributed by atoms with van der Waals surface area (Å²) in [7, 11) is 1.98. The largest absolute Gasteiger partial charge is 0.339 e. The Labute approximate surface area is 189 Å². The van der Waals surface area contributed by atoms with E-state index in [0.29, 0.717) is 23.3 Å². The van der Waals surface area contributed by atoms with Crippen LogP contribution in [0, 0.1) is 5.95 Å². The van der Waals surface area contributed by atoms with Crippen LogP contribution in [0.1, 0.15) is 53.0 Å². The van der Waals surface area contributed by atoms with Gasteiger partial charge in [0.25, 0.3) is 5.91 Å². The summed E-state index contributed by atoms with van der Waals surface area (Å²) in [4.78, 5) is 25.4. The molecular weight excluding hydrogens is 427 g/mol. The summed E-state index contributed by atoms with van der Waals surface area (Å²) >= 11 is 1.35. The highest BCUT2D eigenvalue weighted by molar-refractivity contribution is 7.14. The van der Waals surface area contributed by atoms with Gasteiger partial charge in [0.05, 0.1) is 11.4 Å². The molecule has 32 heavy (non-hydrogen) atoms. The van der Waals surface area contributed by atoms with Crippen LogP contribution in [0.5, 0.6) is 0 Å². The summed E-state index contributed by atoms with van der Waals surface area (Å²) in [6.07, 6.45) is 8.95. The van der Waals surface area contributed by atoms with Gasteiger partial charge in [-0.25, -0.2) is 15.0 Å². The van der Waals surface area contributed by atoms with Crippen LogP contribution >= 0.6 is 11.3 Å². The zero-order valence-electron chi connectivity index (χ0n) is 18.0. The minimum absolute atomic E-state index is 0.277. The lowest BCUT2D eigenvalue weighted by Gasteiger charge is -2.09. The number of nitrogens with one attached hydrogen (secondary N) is 1. The summed E-state index contributed by atoms with van der Waals surface area (Å²) in [5.74, 6) is 0.545. The van der Waals surface area contributed by atoms with Crippen molar-refractivity contribution in [2.24, 2.45) is 7.05 Å². The second-order valence-electron chi connectivity index (χ2n) is 7.66. The van der Waals surface area contributed by atoms with Crippen molar-refractivity contribution < 1.29 is 9.18 Å². The van der Waals surface area contributed by atoms with Crippen molar-refractivity contribution in [3.05, 3.63) is 82.7 Å². The van der Waals surface area contributed by atoms with E-state index >= 15 is 0 Å². The van der Waals surface area contributed by atoms with Gasteiger partial charge in [-0.15, -0.1) is 11.3 Å². The average Bonchev–Trinajstić information content (AvgIpc) is 3.46. The number of carbonyl (C=O) groups is 1. The first kappa shape index (κ1) is 21.6. The molecule has 0 aliphatic heterocycles. The van der Waals surface area contributed by atoms with E-state index in [1.54, 1.807) is 29.0 Å². The molecule has 0 saturated carbocycles. The number of pyridine rings is 1. The fourth-order valence-corrected chi connectivity index (χ4v) is 4.04. The van der Waals surface area contributed by atoms with Gasteiger partial charge in [-0.05, 0) is 42.0 Å². The summed E-state index contributed by atoms with van der Waals surface area (Å²) in [5.41, 5.74) is 2.79. The number of hydrogen-bond donors (Lipinski definition) is 1. The molecule has 4 aromatic rings. The maximum absolute atomic E-state index is 13.4. The third-order valence-corrected chi connectivity index (χ3v) is 5.60. The number of thiazole rings is 1. The zero-order valence-corrected chi connectivity index (χ0v) is 18.8. The molecule has 0 aliphatic rings. The van der Waals surface area contributed by atoms with Crippen molar-refractivity contribution in [1.29, 1.82) is 0 Å². The van der Waals surface area contributed by atoms with Crippen LogP contribution in [0.2, 0.25) is 0 Å². The number of anilines is 1. The molecule has 4 rings (SSSR count). The van der Waals surface area contributed by atoms with Crippen LogP contribution in [-0.4, -0.2) is 30.0 Å². The van der Waals surface area contributed by atoms with Gasteiger partial charge in [-0.1, -0.05) is 13.8 Å². The van der Waals surface area contributed by atoms with Crippen molar-refractivity contribution in [2.45, 2.75) is 26.3 Å². The smallest absolute Gasteiger partial charge is 0.274 e. The number of carbonyl (C=O) groups excluding carboxylic acids is 1. The van der Waals surface area contributed by atoms with Crippen LogP contribution < -0.4 is 5.32 Å². The van der Waals surface area contributed by atoms with E-state index in [9.17, 15) is 9.18 Å².